The van der Waals surface area contributed by atoms with Gasteiger partial charge in [-0.05, 0) is 36.1 Å². The minimum Gasteiger partial charge on any atom is -0.378 e. The van der Waals surface area contributed by atoms with E-state index in [-0.39, 0.29) is 0 Å². The lowest BCUT2D eigenvalue weighted by Crippen LogP contribution is -2.36. The molecular weight excluding hydrogens is 349 g/mol. The van der Waals surface area contributed by atoms with Crippen LogP contribution in [-0.4, -0.2) is 26.3 Å². The van der Waals surface area contributed by atoms with Crippen LogP contribution >= 0.6 is 34.2 Å². The van der Waals surface area contributed by atoms with Crippen molar-refractivity contribution in [3.8, 4) is 0 Å². The summed E-state index contributed by atoms with van der Waals surface area (Å²) in [7, 11) is 0. The summed E-state index contributed by atoms with van der Waals surface area (Å²) in [6.07, 6.45) is 2.44. The molecule has 92 valence electrons. The van der Waals surface area contributed by atoms with Crippen LogP contribution in [0.5, 0.6) is 0 Å². The molecule has 1 atom stereocenters. The van der Waals surface area contributed by atoms with Crippen LogP contribution in [0, 0.1) is 0 Å². The molecule has 1 aliphatic carbocycles. The molecule has 0 unspecified atom stereocenters. The lowest BCUT2D eigenvalue weighted by molar-refractivity contribution is 0.122. The van der Waals surface area contributed by atoms with Crippen LogP contribution in [-0.2, 0) is 11.2 Å². The van der Waals surface area contributed by atoms with E-state index < -0.39 is 0 Å². The van der Waals surface area contributed by atoms with Crippen molar-refractivity contribution in [1.29, 1.82) is 0 Å². The average molecular weight is 364 g/mol. The van der Waals surface area contributed by atoms with E-state index in [9.17, 15) is 0 Å². The highest BCUT2D eigenvalue weighted by atomic mass is 127. The van der Waals surface area contributed by atoms with Crippen molar-refractivity contribution >= 4 is 39.9 Å². The van der Waals surface area contributed by atoms with Crippen molar-refractivity contribution in [2.45, 2.75) is 16.8 Å². The minimum absolute atomic E-state index is 0.638. The molecule has 0 aromatic heterocycles. The lowest BCUT2D eigenvalue weighted by atomic mass is 10.1. The molecule has 17 heavy (non-hydrogen) atoms. The summed E-state index contributed by atoms with van der Waals surface area (Å²) >= 11 is 8.93. The fourth-order valence-corrected chi connectivity index (χ4v) is 3.80. The molecule has 2 aliphatic rings. The quantitative estimate of drug-likeness (QED) is 0.558. The molecule has 0 bridgehead atoms. The van der Waals surface area contributed by atoms with Crippen LogP contribution in [0.25, 0.3) is 0 Å². The van der Waals surface area contributed by atoms with Crippen LogP contribution in [0.2, 0.25) is 5.02 Å². The van der Waals surface area contributed by atoms with E-state index in [0.29, 0.717) is 3.92 Å². The summed E-state index contributed by atoms with van der Waals surface area (Å²) in [4.78, 5) is 2.34. The zero-order valence-corrected chi connectivity index (χ0v) is 12.5. The zero-order valence-electron chi connectivity index (χ0n) is 9.59. The molecule has 2 nitrogen and oxygen atoms in total. The second kappa shape index (κ2) is 4.94. The maximum atomic E-state index is 6.42. The fraction of sp³-hybridized carbons (Fsp3) is 0.538. The highest BCUT2D eigenvalue weighted by Crippen LogP contribution is 2.42. The molecule has 0 spiro atoms. The topological polar surface area (TPSA) is 12.5 Å². The van der Waals surface area contributed by atoms with Gasteiger partial charge in [-0.1, -0.05) is 34.2 Å². The summed E-state index contributed by atoms with van der Waals surface area (Å²) in [5.74, 6) is 0. The maximum absolute atomic E-state index is 6.42. The number of halogens is 2. The Labute approximate surface area is 120 Å². The SMILES string of the molecule is Clc1cc2c(cc1N1CCOCC1)CC[C@H]2I. The fourth-order valence-electron chi connectivity index (χ4n) is 2.61. The standard InChI is InChI=1S/C13H15ClINO/c14-11-8-10-9(1-2-12(10)15)7-13(11)16-3-5-17-6-4-16/h7-8,12H,1-6H2/t12-/m1/s1. The van der Waals surface area contributed by atoms with Crippen LogP contribution in [0.3, 0.4) is 0 Å². The van der Waals surface area contributed by atoms with Gasteiger partial charge < -0.3 is 9.64 Å². The van der Waals surface area contributed by atoms with Crippen LogP contribution in [0.4, 0.5) is 5.69 Å². The van der Waals surface area contributed by atoms with Crippen molar-refractivity contribution in [1.82, 2.24) is 0 Å². The molecule has 1 aliphatic heterocycles. The number of benzene rings is 1. The molecule has 1 saturated heterocycles. The molecule has 1 heterocycles. The molecule has 1 aromatic carbocycles. The highest BCUT2D eigenvalue weighted by molar-refractivity contribution is 14.1. The maximum Gasteiger partial charge on any atom is 0.0642 e. The van der Waals surface area contributed by atoms with E-state index in [2.05, 4.69) is 39.6 Å². The third kappa shape index (κ3) is 2.29. The summed E-state index contributed by atoms with van der Waals surface area (Å²) in [5, 5.41) is 0.897. The summed E-state index contributed by atoms with van der Waals surface area (Å²) in [5.41, 5.74) is 4.11. The monoisotopic (exact) mass is 363 g/mol. The third-order valence-corrected chi connectivity index (χ3v) is 5.16. The van der Waals surface area contributed by atoms with Gasteiger partial charge in [-0.2, -0.15) is 0 Å². The largest absolute Gasteiger partial charge is 0.378 e. The predicted octanol–water partition coefficient (Wildman–Crippen LogP) is 3.60. The molecule has 0 saturated carbocycles. The first kappa shape index (κ1) is 12.1. The van der Waals surface area contributed by atoms with Gasteiger partial charge in [0.05, 0.1) is 23.9 Å². The molecule has 0 amide bonds. The normalized spacial score (nSPS) is 23.9. The number of hydrogen-bond donors (Lipinski definition) is 0. The predicted molar refractivity (Wildman–Crippen MR) is 79.6 cm³/mol. The first-order valence-corrected chi connectivity index (χ1v) is 7.67. The molecule has 0 N–H and O–H groups in total. The Balaban J connectivity index is 1.95. The lowest BCUT2D eigenvalue weighted by Gasteiger charge is -2.30. The van der Waals surface area contributed by atoms with Gasteiger partial charge in [-0.25, -0.2) is 0 Å². The first-order valence-electron chi connectivity index (χ1n) is 6.05. The number of nitrogens with zero attached hydrogens (tertiary/aromatic N) is 1. The number of fused-ring (bicyclic) bond motifs is 1. The van der Waals surface area contributed by atoms with Crippen molar-refractivity contribution in [3.05, 3.63) is 28.3 Å². The van der Waals surface area contributed by atoms with Gasteiger partial charge >= 0.3 is 0 Å². The van der Waals surface area contributed by atoms with Crippen molar-refractivity contribution in [3.63, 3.8) is 0 Å². The third-order valence-electron chi connectivity index (χ3n) is 3.57. The van der Waals surface area contributed by atoms with Crippen molar-refractivity contribution < 1.29 is 4.74 Å². The Kier molecular flexibility index (Phi) is 3.50. The average Bonchev–Trinajstić information content (AvgIpc) is 2.71. The Hall–Kier alpha value is -0.000000000000000111. The van der Waals surface area contributed by atoms with E-state index in [4.69, 9.17) is 16.3 Å². The zero-order chi connectivity index (χ0) is 11.8. The first-order chi connectivity index (χ1) is 8.25. The number of rotatable bonds is 1. The number of aryl methyl sites for hydroxylation is 1. The number of morpholine rings is 1. The number of anilines is 1. The molecular formula is C13H15ClINO. The van der Waals surface area contributed by atoms with E-state index in [0.717, 1.165) is 31.3 Å². The summed E-state index contributed by atoms with van der Waals surface area (Å²) in [6.45, 7) is 3.52. The van der Waals surface area contributed by atoms with E-state index in [1.165, 1.54) is 29.7 Å². The molecule has 3 rings (SSSR count). The van der Waals surface area contributed by atoms with Gasteiger partial charge in [-0.3, -0.25) is 0 Å². The van der Waals surface area contributed by atoms with E-state index in [1.807, 2.05) is 0 Å². The second-order valence-electron chi connectivity index (χ2n) is 4.61. The molecule has 0 radical (unpaired) electrons. The highest BCUT2D eigenvalue weighted by Gasteiger charge is 2.23. The van der Waals surface area contributed by atoms with Gasteiger partial charge in [0, 0.05) is 17.0 Å². The Bertz CT molecular complexity index is 432. The Morgan fingerprint density at radius 1 is 1.29 bits per heavy atom. The smallest absolute Gasteiger partial charge is 0.0642 e. The van der Waals surface area contributed by atoms with Crippen molar-refractivity contribution in [2.75, 3.05) is 31.2 Å². The van der Waals surface area contributed by atoms with Gasteiger partial charge in [0.25, 0.3) is 0 Å². The summed E-state index contributed by atoms with van der Waals surface area (Å²) < 4.78 is 6.02. The number of hydrogen-bond acceptors (Lipinski definition) is 2. The second-order valence-corrected chi connectivity index (χ2v) is 6.52. The Morgan fingerprint density at radius 3 is 2.82 bits per heavy atom. The minimum atomic E-state index is 0.638. The van der Waals surface area contributed by atoms with Gasteiger partial charge in [-0.15, -0.1) is 0 Å². The summed E-state index contributed by atoms with van der Waals surface area (Å²) in [6, 6.07) is 4.47. The van der Waals surface area contributed by atoms with Gasteiger partial charge in [0.15, 0.2) is 0 Å². The van der Waals surface area contributed by atoms with Gasteiger partial charge in [0.1, 0.15) is 0 Å². The van der Waals surface area contributed by atoms with E-state index >= 15 is 0 Å². The number of alkyl halides is 1. The van der Waals surface area contributed by atoms with Gasteiger partial charge in [0.2, 0.25) is 0 Å². The number of ether oxygens (including phenoxy) is 1. The van der Waals surface area contributed by atoms with E-state index in [1.54, 1.807) is 0 Å². The molecule has 4 heteroatoms. The Morgan fingerprint density at radius 2 is 2.06 bits per heavy atom. The van der Waals surface area contributed by atoms with Crippen LogP contribution < -0.4 is 4.90 Å². The molecule has 1 aromatic rings. The van der Waals surface area contributed by atoms with Crippen LogP contribution in [0.1, 0.15) is 21.5 Å². The molecule has 1 fully saturated rings. The van der Waals surface area contributed by atoms with Crippen LogP contribution in [0.15, 0.2) is 12.1 Å². The van der Waals surface area contributed by atoms with Crippen molar-refractivity contribution in [2.24, 2.45) is 0 Å².